The second kappa shape index (κ2) is 4.22. The fraction of sp³-hybridized carbons (Fsp3) is 0.385. The Bertz CT molecular complexity index is 697. The number of carbonyl (C=O) groups is 1. The van der Waals surface area contributed by atoms with E-state index in [1.165, 1.54) is 19.2 Å². The molecule has 6 heteroatoms. The Morgan fingerprint density at radius 1 is 1.47 bits per heavy atom. The molecule has 1 aliphatic rings. The van der Waals surface area contributed by atoms with E-state index < -0.39 is 0 Å². The summed E-state index contributed by atoms with van der Waals surface area (Å²) in [7, 11) is 1.36. The number of benzene rings is 1. The number of ether oxygens (including phenoxy) is 1. The molecule has 1 N–H and O–H groups in total. The molecule has 0 aliphatic heterocycles. The first kappa shape index (κ1) is 12.0. The van der Waals surface area contributed by atoms with Crippen LogP contribution in [0.4, 0.5) is 4.39 Å². The van der Waals surface area contributed by atoms with Gasteiger partial charge in [0.15, 0.2) is 0 Å². The van der Waals surface area contributed by atoms with Crippen LogP contribution >= 0.6 is 0 Å². The summed E-state index contributed by atoms with van der Waals surface area (Å²) in [4.78, 5) is 25.9. The zero-order valence-electron chi connectivity index (χ0n) is 10.4. The molecular weight excluding hydrogens is 251 g/mol. The number of hydrogen-bond acceptors (Lipinski definition) is 3. The normalized spacial score (nSPS) is 22.2. The number of hydrogen-bond donors (Lipinski definition) is 1. The minimum absolute atomic E-state index is 0.0317. The lowest BCUT2D eigenvalue weighted by molar-refractivity contribution is -0.149. The molecule has 1 aliphatic carbocycles. The number of fused-ring (bicyclic) bond motifs is 1. The summed E-state index contributed by atoms with van der Waals surface area (Å²) in [6.07, 6.45) is 1.16. The molecule has 0 bridgehead atoms. The SMILES string of the molecule is COC(=O)C1CC(n2c(=O)[nH]c3cc(F)ccc32)C1. The number of methoxy groups -OCH3 is 1. The van der Waals surface area contributed by atoms with E-state index >= 15 is 0 Å². The first-order chi connectivity index (χ1) is 9.10. The summed E-state index contributed by atoms with van der Waals surface area (Å²) in [5.74, 6) is -0.774. The Morgan fingerprint density at radius 2 is 2.21 bits per heavy atom. The molecule has 0 spiro atoms. The molecule has 1 fully saturated rings. The van der Waals surface area contributed by atoms with E-state index in [2.05, 4.69) is 9.72 Å². The Labute approximate surface area is 108 Å². The Morgan fingerprint density at radius 3 is 2.89 bits per heavy atom. The predicted molar refractivity (Wildman–Crippen MR) is 66.3 cm³/mol. The van der Waals surface area contributed by atoms with Crippen LogP contribution < -0.4 is 5.69 Å². The van der Waals surface area contributed by atoms with Crippen LogP contribution in [-0.2, 0) is 9.53 Å². The molecular formula is C13H13FN2O3. The molecule has 1 aromatic heterocycles. The summed E-state index contributed by atoms with van der Waals surface area (Å²) in [5, 5.41) is 0. The maximum Gasteiger partial charge on any atom is 0.326 e. The summed E-state index contributed by atoms with van der Waals surface area (Å²) in [6, 6.07) is 4.16. The summed E-state index contributed by atoms with van der Waals surface area (Å²) >= 11 is 0. The second-order valence-corrected chi connectivity index (χ2v) is 4.81. The van der Waals surface area contributed by atoms with Crippen LogP contribution in [0.15, 0.2) is 23.0 Å². The first-order valence-electron chi connectivity index (χ1n) is 6.07. The zero-order valence-corrected chi connectivity index (χ0v) is 10.4. The number of esters is 1. The van der Waals surface area contributed by atoms with Gasteiger partial charge in [0.25, 0.3) is 0 Å². The monoisotopic (exact) mass is 264 g/mol. The molecule has 0 radical (unpaired) electrons. The van der Waals surface area contributed by atoms with Gasteiger partial charge in [-0.3, -0.25) is 9.36 Å². The smallest absolute Gasteiger partial charge is 0.326 e. The van der Waals surface area contributed by atoms with Gasteiger partial charge in [0, 0.05) is 6.04 Å². The van der Waals surface area contributed by atoms with Crippen molar-refractivity contribution in [1.29, 1.82) is 0 Å². The number of nitrogens with zero attached hydrogens (tertiary/aromatic N) is 1. The number of H-pyrrole nitrogens is 1. The molecule has 1 heterocycles. The molecule has 0 saturated heterocycles. The van der Waals surface area contributed by atoms with Crippen molar-refractivity contribution < 1.29 is 13.9 Å². The minimum Gasteiger partial charge on any atom is -0.469 e. The number of nitrogens with one attached hydrogen (secondary N) is 1. The van der Waals surface area contributed by atoms with Gasteiger partial charge in [0.2, 0.25) is 0 Å². The third kappa shape index (κ3) is 1.83. The summed E-state index contributed by atoms with van der Waals surface area (Å²) < 4.78 is 19.4. The van der Waals surface area contributed by atoms with E-state index in [1.54, 1.807) is 10.6 Å². The van der Waals surface area contributed by atoms with E-state index in [1.807, 2.05) is 0 Å². The average molecular weight is 264 g/mol. The maximum atomic E-state index is 13.1. The van der Waals surface area contributed by atoms with Crippen molar-refractivity contribution in [2.75, 3.05) is 7.11 Å². The van der Waals surface area contributed by atoms with E-state index in [-0.39, 0.29) is 29.4 Å². The molecule has 2 aromatic rings. The van der Waals surface area contributed by atoms with Crippen molar-refractivity contribution in [3.8, 4) is 0 Å². The zero-order chi connectivity index (χ0) is 13.6. The predicted octanol–water partition coefficient (Wildman–Crippen LogP) is 1.59. The van der Waals surface area contributed by atoms with Crippen LogP contribution in [0, 0.1) is 11.7 Å². The van der Waals surface area contributed by atoms with E-state index in [4.69, 9.17) is 0 Å². The molecule has 0 unspecified atom stereocenters. The third-order valence-electron chi connectivity index (χ3n) is 3.69. The van der Waals surface area contributed by atoms with Crippen LogP contribution in [0.5, 0.6) is 0 Å². The number of halogens is 1. The van der Waals surface area contributed by atoms with Gasteiger partial charge in [-0.2, -0.15) is 0 Å². The summed E-state index contributed by atoms with van der Waals surface area (Å²) in [6.45, 7) is 0. The summed E-state index contributed by atoms with van der Waals surface area (Å²) in [5.41, 5.74) is 0.875. The van der Waals surface area contributed by atoms with Gasteiger partial charge in [-0.05, 0) is 31.0 Å². The van der Waals surface area contributed by atoms with Gasteiger partial charge < -0.3 is 9.72 Å². The Kier molecular flexibility index (Phi) is 2.66. The van der Waals surface area contributed by atoms with Crippen molar-refractivity contribution in [3.63, 3.8) is 0 Å². The largest absolute Gasteiger partial charge is 0.469 e. The standard InChI is InChI=1S/C13H13FN2O3/c1-19-12(17)7-4-9(5-7)16-11-3-2-8(14)6-10(11)15-13(16)18/h2-3,6-7,9H,4-5H2,1H3,(H,15,18). The van der Waals surface area contributed by atoms with Gasteiger partial charge in [0.05, 0.1) is 24.1 Å². The molecule has 1 saturated carbocycles. The number of rotatable bonds is 2. The highest BCUT2D eigenvalue weighted by molar-refractivity contribution is 5.76. The molecule has 19 heavy (non-hydrogen) atoms. The van der Waals surface area contributed by atoms with Crippen molar-refractivity contribution in [2.24, 2.45) is 5.92 Å². The van der Waals surface area contributed by atoms with Crippen molar-refractivity contribution in [2.45, 2.75) is 18.9 Å². The van der Waals surface area contributed by atoms with E-state index in [0.29, 0.717) is 23.9 Å². The van der Waals surface area contributed by atoms with E-state index in [9.17, 15) is 14.0 Å². The highest BCUT2D eigenvalue weighted by atomic mass is 19.1. The van der Waals surface area contributed by atoms with Gasteiger partial charge in [-0.15, -0.1) is 0 Å². The van der Waals surface area contributed by atoms with Gasteiger partial charge in [0.1, 0.15) is 5.82 Å². The highest BCUT2D eigenvalue weighted by Gasteiger charge is 2.37. The lowest BCUT2D eigenvalue weighted by Gasteiger charge is -2.33. The van der Waals surface area contributed by atoms with Gasteiger partial charge >= 0.3 is 11.7 Å². The molecule has 3 rings (SSSR count). The van der Waals surface area contributed by atoms with Crippen LogP contribution in [0.2, 0.25) is 0 Å². The van der Waals surface area contributed by atoms with Crippen molar-refractivity contribution in [3.05, 3.63) is 34.5 Å². The first-order valence-corrected chi connectivity index (χ1v) is 6.07. The van der Waals surface area contributed by atoms with E-state index in [0.717, 1.165) is 0 Å². The molecule has 1 aromatic carbocycles. The molecule has 5 nitrogen and oxygen atoms in total. The minimum atomic E-state index is -0.387. The lowest BCUT2D eigenvalue weighted by atomic mass is 9.80. The van der Waals surface area contributed by atoms with Crippen LogP contribution in [0.3, 0.4) is 0 Å². The number of carbonyl (C=O) groups excluding carboxylic acids is 1. The fourth-order valence-electron chi connectivity index (χ4n) is 2.62. The van der Waals surface area contributed by atoms with Crippen LogP contribution in [0.25, 0.3) is 11.0 Å². The molecule has 100 valence electrons. The van der Waals surface area contributed by atoms with Gasteiger partial charge in [-0.25, -0.2) is 9.18 Å². The number of aromatic nitrogens is 2. The van der Waals surface area contributed by atoms with Crippen molar-refractivity contribution >= 4 is 17.0 Å². The lowest BCUT2D eigenvalue weighted by Crippen LogP contribution is -2.36. The topological polar surface area (TPSA) is 64.1 Å². The third-order valence-corrected chi connectivity index (χ3v) is 3.69. The number of imidazole rings is 1. The van der Waals surface area contributed by atoms with Crippen LogP contribution in [0.1, 0.15) is 18.9 Å². The fourth-order valence-corrected chi connectivity index (χ4v) is 2.62. The number of aromatic amines is 1. The second-order valence-electron chi connectivity index (χ2n) is 4.81. The quantitative estimate of drug-likeness (QED) is 0.838. The molecule has 0 amide bonds. The maximum absolute atomic E-state index is 13.1. The average Bonchev–Trinajstić information content (AvgIpc) is 2.63. The Hall–Kier alpha value is -2.11. The molecule has 0 atom stereocenters. The van der Waals surface area contributed by atoms with Crippen LogP contribution in [-0.4, -0.2) is 22.6 Å². The highest BCUT2D eigenvalue weighted by Crippen LogP contribution is 2.39. The van der Waals surface area contributed by atoms with Crippen molar-refractivity contribution in [1.82, 2.24) is 9.55 Å². The Balaban J connectivity index is 1.93. The van der Waals surface area contributed by atoms with Gasteiger partial charge in [-0.1, -0.05) is 0 Å².